The van der Waals surface area contributed by atoms with Gasteiger partial charge in [-0.25, -0.2) is 22.9 Å². The molecule has 2 atom stereocenters. The summed E-state index contributed by atoms with van der Waals surface area (Å²) in [4.78, 5) is 14.4. The van der Waals surface area contributed by atoms with E-state index in [0.29, 0.717) is 12.8 Å². The van der Waals surface area contributed by atoms with E-state index in [1.807, 2.05) is 0 Å². The topological polar surface area (TPSA) is 117 Å². The van der Waals surface area contributed by atoms with Gasteiger partial charge in [0.15, 0.2) is 9.90 Å². The van der Waals surface area contributed by atoms with Gasteiger partial charge in [-0.3, -0.25) is 0 Å². The Hall–Kier alpha value is -1.03. The van der Waals surface area contributed by atoms with Crippen molar-refractivity contribution in [2.45, 2.75) is 42.0 Å². The molecular weight excluding hydrogens is 292 g/mol. The fraction of sp³-hybridized carbons (Fsp3) is 0.600. The molecule has 0 unspecified atom stereocenters. The van der Waals surface area contributed by atoms with Crippen LogP contribution in [0.3, 0.4) is 0 Å². The molecule has 1 heterocycles. The quantitative estimate of drug-likeness (QED) is 0.742. The molecule has 0 radical (unpaired) electrons. The smallest absolute Gasteiger partial charge is 0.356 e. The zero-order valence-electron chi connectivity index (χ0n) is 9.94. The molecule has 0 amide bonds. The minimum absolute atomic E-state index is 0.322. The summed E-state index contributed by atoms with van der Waals surface area (Å²) in [5.74, 6) is -1.38. The van der Waals surface area contributed by atoms with Gasteiger partial charge < -0.3 is 10.2 Å². The van der Waals surface area contributed by atoms with Gasteiger partial charge in [0, 0.05) is 6.04 Å². The number of carboxylic acid groups (broad SMARTS) is 1. The molecule has 106 valence electrons. The molecule has 0 aromatic carbocycles. The number of hydrogen-bond acceptors (Lipinski definition) is 6. The number of thiazole rings is 1. The largest absolute Gasteiger partial charge is 0.476 e. The van der Waals surface area contributed by atoms with Crippen molar-refractivity contribution in [2.75, 3.05) is 0 Å². The molecule has 3 N–H and O–H groups in total. The highest BCUT2D eigenvalue weighted by Crippen LogP contribution is 2.24. The lowest BCUT2D eigenvalue weighted by Gasteiger charge is -2.27. The van der Waals surface area contributed by atoms with Gasteiger partial charge in [0.25, 0.3) is 10.0 Å². The van der Waals surface area contributed by atoms with Crippen LogP contribution in [0.25, 0.3) is 0 Å². The first-order valence-electron chi connectivity index (χ1n) is 5.79. The monoisotopic (exact) mass is 306 g/mol. The molecule has 1 fully saturated rings. The Kier molecular flexibility index (Phi) is 4.19. The third-order valence-electron chi connectivity index (χ3n) is 3.02. The molecule has 7 nitrogen and oxygen atoms in total. The second-order valence-corrected chi connectivity index (χ2v) is 7.14. The number of carboxylic acids is 1. The number of rotatable bonds is 4. The summed E-state index contributed by atoms with van der Waals surface area (Å²) in [6.45, 7) is 0. The van der Waals surface area contributed by atoms with E-state index in [1.165, 1.54) is 5.51 Å². The maximum atomic E-state index is 12.1. The number of aromatic carboxylic acids is 1. The zero-order valence-corrected chi connectivity index (χ0v) is 11.6. The fourth-order valence-corrected chi connectivity index (χ4v) is 4.53. The summed E-state index contributed by atoms with van der Waals surface area (Å²) in [5.41, 5.74) is 0.692. The van der Waals surface area contributed by atoms with E-state index < -0.39 is 33.8 Å². The van der Waals surface area contributed by atoms with Crippen molar-refractivity contribution in [1.82, 2.24) is 9.71 Å². The predicted octanol–water partition coefficient (Wildman–Crippen LogP) is 0.423. The third kappa shape index (κ3) is 3.11. The average Bonchev–Trinajstić information content (AvgIpc) is 2.82. The normalized spacial score (nSPS) is 24.3. The van der Waals surface area contributed by atoms with Gasteiger partial charge in [0.1, 0.15) is 0 Å². The summed E-state index contributed by atoms with van der Waals surface area (Å²) in [6, 6.07) is -0.567. The van der Waals surface area contributed by atoms with E-state index in [-0.39, 0.29) is 4.21 Å². The lowest BCUT2D eigenvalue weighted by molar-refractivity contribution is 0.0687. The number of aromatic nitrogens is 1. The van der Waals surface area contributed by atoms with Crippen molar-refractivity contribution in [2.24, 2.45) is 0 Å². The first-order chi connectivity index (χ1) is 8.92. The molecule has 9 heteroatoms. The van der Waals surface area contributed by atoms with Crippen molar-refractivity contribution < 1.29 is 23.4 Å². The summed E-state index contributed by atoms with van der Waals surface area (Å²) in [5, 5.41) is 18.6. The van der Waals surface area contributed by atoms with Crippen LogP contribution in [0.1, 0.15) is 36.2 Å². The van der Waals surface area contributed by atoms with E-state index in [4.69, 9.17) is 5.11 Å². The van der Waals surface area contributed by atoms with Crippen LogP contribution in [-0.4, -0.2) is 41.7 Å². The summed E-state index contributed by atoms with van der Waals surface area (Å²) >= 11 is 0.751. The Bertz CT molecular complexity index is 568. The summed E-state index contributed by atoms with van der Waals surface area (Å²) in [7, 11) is -3.96. The SMILES string of the molecule is O=C(O)c1ncsc1S(=O)(=O)N[C@@H]1CCCC[C@H]1O. The Morgan fingerprint density at radius 2 is 2.11 bits per heavy atom. The lowest BCUT2D eigenvalue weighted by Crippen LogP contribution is -2.45. The van der Waals surface area contributed by atoms with Gasteiger partial charge in [0.05, 0.1) is 11.6 Å². The van der Waals surface area contributed by atoms with E-state index in [0.717, 1.165) is 24.2 Å². The molecule has 2 rings (SSSR count). The molecule has 1 aromatic heterocycles. The van der Waals surface area contributed by atoms with Crippen LogP contribution in [-0.2, 0) is 10.0 Å². The molecule has 19 heavy (non-hydrogen) atoms. The molecule has 1 aliphatic carbocycles. The van der Waals surface area contributed by atoms with Crippen LogP contribution < -0.4 is 4.72 Å². The maximum absolute atomic E-state index is 12.1. The highest BCUT2D eigenvalue weighted by Gasteiger charge is 2.31. The van der Waals surface area contributed by atoms with Gasteiger partial charge in [0.2, 0.25) is 0 Å². The number of hydrogen-bond donors (Lipinski definition) is 3. The van der Waals surface area contributed by atoms with Gasteiger partial charge in [-0.15, -0.1) is 11.3 Å². The van der Waals surface area contributed by atoms with Crippen LogP contribution in [0.2, 0.25) is 0 Å². The first kappa shape index (κ1) is 14.4. The number of nitrogens with zero attached hydrogens (tertiary/aromatic N) is 1. The van der Waals surface area contributed by atoms with Crippen molar-refractivity contribution in [3.8, 4) is 0 Å². The van der Waals surface area contributed by atoms with Gasteiger partial charge in [-0.2, -0.15) is 0 Å². The molecule has 0 saturated heterocycles. The molecular formula is C10H14N2O5S2. The van der Waals surface area contributed by atoms with Crippen molar-refractivity contribution >= 4 is 27.3 Å². The second kappa shape index (κ2) is 5.53. The van der Waals surface area contributed by atoms with Gasteiger partial charge in [-0.1, -0.05) is 12.8 Å². The first-order valence-corrected chi connectivity index (χ1v) is 8.15. The van der Waals surface area contributed by atoms with E-state index in [2.05, 4.69) is 9.71 Å². The molecule has 1 saturated carbocycles. The third-order valence-corrected chi connectivity index (χ3v) is 5.88. The van der Waals surface area contributed by atoms with Crippen LogP contribution >= 0.6 is 11.3 Å². The van der Waals surface area contributed by atoms with Crippen molar-refractivity contribution in [1.29, 1.82) is 0 Å². The number of sulfonamides is 1. The Labute approximate surface area is 114 Å². The van der Waals surface area contributed by atoms with Crippen LogP contribution in [0.15, 0.2) is 9.72 Å². The van der Waals surface area contributed by atoms with Crippen LogP contribution in [0.5, 0.6) is 0 Å². The summed E-state index contributed by atoms with van der Waals surface area (Å²) in [6.07, 6.45) is 2.05. The minimum Gasteiger partial charge on any atom is -0.476 e. The second-order valence-electron chi connectivity index (χ2n) is 4.37. The summed E-state index contributed by atoms with van der Waals surface area (Å²) < 4.78 is 26.3. The number of aliphatic hydroxyl groups is 1. The van der Waals surface area contributed by atoms with Crippen LogP contribution in [0, 0.1) is 0 Å². The molecule has 1 aromatic rings. The van der Waals surface area contributed by atoms with E-state index in [9.17, 15) is 18.3 Å². The van der Waals surface area contributed by atoms with Crippen LogP contribution in [0.4, 0.5) is 0 Å². The highest BCUT2D eigenvalue weighted by molar-refractivity contribution is 7.91. The highest BCUT2D eigenvalue weighted by atomic mass is 32.2. The molecule has 0 spiro atoms. The zero-order chi connectivity index (χ0) is 14.0. The molecule has 0 bridgehead atoms. The Balaban J connectivity index is 2.22. The Morgan fingerprint density at radius 1 is 1.42 bits per heavy atom. The van der Waals surface area contributed by atoms with Gasteiger partial charge in [-0.05, 0) is 12.8 Å². The van der Waals surface area contributed by atoms with Crippen molar-refractivity contribution in [3.05, 3.63) is 11.2 Å². The predicted molar refractivity (Wildman–Crippen MR) is 67.7 cm³/mol. The molecule has 1 aliphatic rings. The van der Waals surface area contributed by atoms with Crippen molar-refractivity contribution in [3.63, 3.8) is 0 Å². The van der Waals surface area contributed by atoms with E-state index >= 15 is 0 Å². The maximum Gasteiger partial charge on any atom is 0.356 e. The molecule has 0 aliphatic heterocycles. The van der Waals surface area contributed by atoms with Gasteiger partial charge >= 0.3 is 5.97 Å². The number of carbonyl (C=O) groups is 1. The lowest BCUT2D eigenvalue weighted by atomic mass is 9.93. The fourth-order valence-electron chi connectivity index (χ4n) is 2.07. The number of nitrogens with one attached hydrogen (secondary N) is 1. The number of aliphatic hydroxyl groups excluding tert-OH is 1. The average molecular weight is 306 g/mol. The standard InChI is InChI=1S/C10H14N2O5S2/c13-7-4-2-1-3-6(7)12-19(16,17)10-8(9(14)15)11-5-18-10/h5-7,12-13H,1-4H2,(H,14,15)/t6-,7-/m1/s1. The Morgan fingerprint density at radius 3 is 2.74 bits per heavy atom. The minimum atomic E-state index is -3.96. The van der Waals surface area contributed by atoms with E-state index in [1.54, 1.807) is 0 Å².